The molecule has 0 bridgehead atoms. The van der Waals surface area contributed by atoms with Crippen LogP contribution in [0.5, 0.6) is 0 Å². The number of halogens is 3. The molecule has 0 radical (unpaired) electrons. The molecule has 0 aliphatic heterocycles. The maximum atomic E-state index is 6.41. The normalized spacial score (nSPS) is 17.4. The first kappa shape index (κ1) is 22.9. The zero-order valence-corrected chi connectivity index (χ0v) is 19.5. The quantitative estimate of drug-likeness (QED) is 0.333. The Balaban J connectivity index is 0. The number of unbranched alkanes of at least 4 members (excludes halogenated alkanes) is 1. The SMILES string of the molecule is CCCC[Si](C)([Zr+2][C]1=CC=CC1)C(C)(C)[SiH2]Cl.[Cl-].[Cl-]. The maximum Gasteiger partial charge on any atom is -1.00 e. The van der Waals surface area contributed by atoms with Crippen LogP contribution >= 0.6 is 11.1 Å². The van der Waals surface area contributed by atoms with Crippen LogP contribution in [0.2, 0.25) is 17.3 Å². The second kappa shape index (κ2) is 10.4. The van der Waals surface area contributed by atoms with Crippen molar-refractivity contribution in [3.8, 4) is 0 Å². The number of hydrogen-bond acceptors (Lipinski definition) is 0. The molecule has 0 saturated carbocycles. The van der Waals surface area contributed by atoms with Gasteiger partial charge in [0.1, 0.15) is 0 Å². The molecule has 0 heterocycles. The van der Waals surface area contributed by atoms with E-state index in [4.69, 9.17) is 11.1 Å². The first-order valence-corrected chi connectivity index (χ1v) is 17.1. The molecule has 6 heteroatoms. The van der Waals surface area contributed by atoms with Crippen LogP contribution < -0.4 is 24.8 Å². The van der Waals surface area contributed by atoms with E-state index in [-0.39, 0.29) is 47.2 Å². The van der Waals surface area contributed by atoms with Crippen LogP contribution in [0.3, 0.4) is 0 Å². The predicted molar refractivity (Wildman–Crippen MR) is 81.6 cm³/mol. The fraction of sp³-hybridized carbons (Fsp3) is 0.692. The van der Waals surface area contributed by atoms with Gasteiger partial charge >= 0.3 is 126 Å². The Kier molecular flexibility index (Phi) is 12.6. The van der Waals surface area contributed by atoms with Gasteiger partial charge in [0.05, 0.1) is 0 Å². The van der Waals surface area contributed by atoms with Crippen molar-refractivity contribution < 1.29 is 47.2 Å². The number of hydrogen-bond donors (Lipinski definition) is 0. The first-order chi connectivity index (χ1) is 7.95. The van der Waals surface area contributed by atoms with E-state index >= 15 is 0 Å². The topological polar surface area (TPSA) is 0 Å². The van der Waals surface area contributed by atoms with Crippen molar-refractivity contribution in [2.24, 2.45) is 0 Å². The molecule has 0 N–H and O–H groups in total. The van der Waals surface area contributed by atoms with Crippen LogP contribution in [0.4, 0.5) is 0 Å². The molecular weight excluding hydrogens is 410 g/mol. The van der Waals surface area contributed by atoms with Gasteiger partial charge in [-0.25, -0.2) is 0 Å². The van der Waals surface area contributed by atoms with Crippen molar-refractivity contribution in [2.75, 3.05) is 0 Å². The summed E-state index contributed by atoms with van der Waals surface area (Å²) in [6.07, 6.45) is 11.0. The Morgan fingerprint density at radius 3 is 2.47 bits per heavy atom. The van der Waals surface area contributed by atoms with Crippen LogP contribution in [0.15, 0.2) is 21.5 Å². The molecule has 1 aliphatic carbocycles. The molecule has 0 saturated heterocycles. The zero-order valence-electron chi connectivity index (χ0n) is 12.4. The van der Waals surface area contributed by atoms with Gasteiger partial charge < -0.3 is 24.8 Å². The largest absolute Gasteiger partial charge is 1.00 e. The Morgan fingerprint density at radius 1 is 1.42 bits per heavy atom. The predicted octanol–water partition coefficient (Wildman–Crippen LogP) is -1.64. The van der Waals surface area contributed by atoms with E-state index in [2.05, 4.69) is 45.5 Å². The summed E-state index contributed by atoms with van der Waals surface area (Å²) in [5, 5.41) is -1.07. The Morgan fingerprint density at radius 2 is 2.05 bits per heavy atom. The summed E-state index contributed by atoms with van der Waals surface area (Å²) in [7, 11) is -0.399. The molecule has 19 heavy (non-hydrogen) atoms. The van der Waals surface area contributed by atoms with Gasteiger partial charge in [0, 0.05) is 0 Å². The van der Waals surface area contributed by atoms with E-state index in [9.17, 15) is 0 Å². The second-order valence-electron chi connectivity index (χ2n) is 5.90. The van der Waals surface area contributed by atoms with E-state index in [0.29, 0.717) is 4.66 Å². The molecule has 0 aromatic heterocycles. The average molecular weight is 435 g/mol. The molecular formula is C13H25Cl3Si2Zr. The van der Waals surface area contributed by atoms with Crippen molar-refractivity contribution in [2.45, 2.75) is 57.3 Å². The Bertz CT molecular complexity index is 319. The fourth-order valence-corrected chi connectivity index (χ4v) is 27.4. The third-order valence-corrected chi connectivity index (χ3v) is 32.3. The van der Waals surface area contributed by atoms with Crippen LogP contribution in [-0.2, 0) is 22.4 Å². The van der Waals surface area contributed by atoms with E-state index in [0.717, 1.165) is 0 Å². The summed E-state index contributed by atoms with van der Waals surface area (Å²) in [5.41, 5.74) is 0. The molecule has 0 nitrogen and oxygen atoms in total. The minimum atomic E-state index is -1.07. The third kappa shape index (κ3) is 6.53. The van der Waals surface area contributed by atoms with Gasteiger partial charge in [0.15, 0.2) is 0 Å². The summed E-state index contributed by atoms with van der Waals surface area (Å²) >= 11 is 6.05. The molecule has 0 spiro atoms. The monoisotopic (exact) mass is 432 g/mol. The van der Waals surface area contributed by atoms with Gasteiger partial charge in [-0.1, -0.05) is 0 Å². The maximum absolute atomic E-state index is 6.41. The van der Waals surface area contributed by atoms with Crippen LogP contribution in [0, 0.1) is 0 Å². The molecule has 0 aromatic rings. The van der Waals surface area contributed by atoms with Gasteiger partial charge in [-0.05, 0) is 0 Å². The van der Waals surface area contributed by atoms with Crippen molar-refractivity contribution in [3.63, 3.8) is 0 Å². The molecule has 1 unspecified atom stereocenters. The van der Waals surface area contributed by atoms with Gasteiger partial charge in [-0.2, -0.15) is 0 Å². The van der Waals surface area contributed by atoms with Gasteiger partial charge in [-0.15, -0.1) is 0 Å². The summed E-state index contributed by atoms with van der Waals surface area (Å²) in [4.78, 5) is 0. The third-order valence-electron chi connectivity index (χ3n) is 4.07. The van der Waals surface area contributed by atoms with Crippen molar-refractivity contribution in [1.82, 2.24) is 0 Å². The molecule has 1 aliphatic rings. The Hall–Kier alpha value is 1.67. The smallest absolute Gasteiger partial charge is 1.00 e. The van der Waals surface area contributed by atoms with Gasteiger partial charge in [0.2, 0.25) is 0 Å². The van der Waals surface area contributed by atoms with E-state index in [1.165, 1.54) is 25.3 Å². The average Bonchev–Trinajstić information content (AvgIpc) is 2.78. The molecule has 0 fully saturated rings. The number of rotatable bonds is 7. The Labute approximate surface area is 150 Å². The van der Waals surface area contributed by atoms with Crippen LogP contribution in [0.25, 0.3) is 0 Å². The van der Waals surface area contributed by atoms with Crippen LogP contribution in [0.1, 0.15) is 40.0 Å². The van der Waals surface area contributed by atoms with E-state index < -0.39 is 14.0 Å². The van der Waals surface area contributed by atoms with Crippen molar-refractivity contribution >= 4 is 25.1 Å². The summed E-state index contributed by atoms with van der Waals surface area (Å²) < 4.78 is 2.38. The molecule has 0 aromatic carbocycles. The minimum absolute atomic E-state index is 0. The number of allylic oxidation sites excluding steroid dienone is 4. The van der Waals surface area contributed by atoms with E-state index in [1.54, 1.807) is 0 Å². The standard InChI is InChI=1S/C8H20ClSi2.C5H5.2ClH.Zr/c1-5-6-7-11(4)8(2,3)10-9;1-2-4-5-3-1;;;/h5-7,10H2,1-4H3;1-3H,4H2;2*1H;/q;;;;+2/p-2. The minimum Gasteiger partial charge on any atom is -1.00 e. The molecule has 110 valence electrons. The van der Waals surface area contributed by atoms with Crippen molar-refractivity contribution in [1.29, 1.82) is 0 Å². The summed E-state index contributed by atoms with van der Waals surface area (Å²) in [6.45, 7) is 9.96. The zero-order chi connectivity index (χ0) is 12.9. The molecule has 1 rings (SSSR count). The van der Waals surface area contributed by atoms with Gasteiger partial charge in [0.25, 0.3) is 0 Å². The second-order valence-corrected chi connectivity index (χ2v) is 25.8. The van der Waals surface area contributed by atoms with Crippen molar-refractivity contribution in [3.05, 3.63) is 21.5 Å². The summed E-state index contributed by atoms with van der Waals surface area (Å²) in [5.74, 6) is 0. The van der Waals surface area contributed by atoms with Crippen LogP contribution in [-0.4, -0.2) is 14.0 Å². The van der Waals surface area contributed by atoms with E-state index in [1.807, 2.05) is 3.28 Å². The molecule has 0 amide bonds. The first-order valence-electron chi connectivity index (χ1n) is 6.65. The summed E-state index contributed by atoms with van der Waals surface area (Å²) in [6, 6.07) is 1.53. The van der Waals surface area contributed by atoms with Gasteiger partial charge in [-0.3, -0.25) is 0 Å². The fourth-order valence-electron chi connectivity index (χ4n) is 2.14. The molecule has 1 atom stereocenters.